The molecule has 2 aromatic heterocycles. The lowest BCUT2D eigenvalue weighted by Crippen LogP contribution is -2.34. The van der Waals surface area contributed by atoms with Crippen LogP contribution in [0.25, 0.3) is 16.8 Å². The maximum atomic E-state index is 13.7. The van der Waals surface area contributed by atoms with Gasteiger partial charge in [0.25, 0.3) is 11.8 Å². The van der Waals surface area contributed by atoms with Gasteiger partial charge in [-0.1, -0.05) is 18.2 Å². The number of halogens is 2. The summed E-state index contributed by atoms with van der Waals surface area (Å²) in [6.07, 6.45) is 4.33. The summed E-state index contributed by atoms with van der Waals surface area (Å²) in [5.41, 5.74) is 10.2. The van der Waals surface area contributed by atoms with E-state index >= 15 is 0 Å². The van der Waals surface area contributed by atoms with Crippen molar-refractivity contribution in [2.75, 3.05) is 17.1 Å². The first-order valence-corrected chi connectivity index (χ1v) is 16.9. The number of fused-ring (bicyclic) bond motifs is 1. The molecule has 3 N–H and O–H groups in total. The number of hydrogen-bond acceptors (Lipinski definition) is 5. The van der Waals surface area contributed by atoms with E-state index in [0.717, 1.165) is 35.8 Å². The van der Waals surface area contributed by atoms with Crippen LogP contribution in [-0.2, 0) is 22.0 Å². The lowest BCUT2D eigenvalue weighted by molar-refractivity contribution is 0.0929. The predicted octanol–water partition coefficient (Wildman–Crippen LogP) is 5.48. The number of pyridine rings is 1. The van der Waals surface area contributed by atoms with E-state index in [1.165, 1.54) is 45.2 Å². The van der Waals surface area contributed by atoms with E-state index in [1.807, 2.05) is 13.0 Å². The number of aromatic nitrogens is 2. The summed E-state index contributed by atoms with van der Waals surface area (Å²) in [5.74, 6) is -1.84. The first kappa shape index (κ1) is 31.9. The molecule has 242 valence electrons. The number of rotatable bonds is 10. The second-order valence-corrected chi connectivity index (χ2v) is 13.8. The number of carbonyl (C=O) groups is 2. The molecule has 0 bridgehead atoms. The summed E-state index contributed by atoms with van der Waals surface area (Å²) in [4.78, 5) is 26.3. The van der Waals surface area contributed by atoms with Crippen molar-refractivity contribution in [1.82, 2.24) is 14.9 Å². The minimum atomic E-state index is -3.73. The Morgan fingerprint density at radius 3 is 2.19 bits per heavy atom. The fourth-order valence-corrected chi connectivity index (χ4v) is 6.99. The smallest absolute Gasteiger partial charge is 0.253 e. The summed E-state index contributed by atoms with van der Waals surface area (Å²) in [6, 6.07) is 18.6. The Labute approximate surface area is 271 Å². The van der Waals surface area contributed by atoms with Crippen LogP contribution in [0, 0.1) is 18.6 Å². The van der Waals surface area contributed by atoms with Gasteiger partial charge in [0.15, 0.2) is 0 Å². The van der Waals surface area contributed by atoms with Crippen molar-refractivity contribution < 1.29 is 26.8 Å². The number of benzene rings is 3. The average Bonchev–Trinajstić information content (AvgIpc) is 3.70. The zero-order chi connectivity index (χ0) is 33.7. The third-order valence-corrected chi connectivity index (χ3v) is 9.90. The molecule has 0 atom stereocenters. The van der Waals surface area contributed by atoms with Crippen molar-refractivity contribution in [2.24, 2.45) is 5.73 Å². The van der Waals surface area contributed by atoms with Crippen LogP contribution in [0.5, 0.6) is 0 Å². The number of sulfonamides is 1. The van der Waals surface area contributed by atoms with Gasteiger partial charge < -0.3 is 11.1 Å². The van der Waals surface area contributed by atoms with Crippen LogP contribution in [0.2, 0.25) is 0 Å². The van der Waals surface area contributed by atoms with Gasteiger partial charge in [0.2, 0.25) is 10.0 Å². The molecule has 0 aliphatic heterocycles. The van der Waals surface area contributed by atoms with Crippen LogP contribution in [0.1, 0.15) is 62.7 Å². The molecule has 1 fully saturated rings. The van der Waals surface area contributed by atoms with Crippen LogP contribution in [0.3, 0.4) is 0 Å². The number of carbonyl (C=O) groups excluding carboxylic acids is 2. The lowest BCUT2D eigenvalue weighted by Gasteiger charge is -2.24. The van der Waals surface area contributed by atoms with Crippen molar-refractivity contribution in [3.05, 3.63) is 124 Å². The molecule has 3 aromatic carbocycles. The molecule has 0 radical (unpaired) electrons. The highest BCUT2D eigenvalue weighted by atomic mass is 32.2. The number of amides is 2. The Morgan fingerprint density at radius 2 is 1.62 bits per heavy atom. The predicted molar refractivity (Wildman–Crippen MR) is 176 cm³/mol. The SMILES string of the molecule is CCN(c1cn2nc(-c3ccc(F)cc3)c(C(N)=O)c2cc1Cc1cc(C(=O)NC2(c3ccc(F)cc3)CC2)ccc1C)S(C)(=O)=O. The Hall–Kier alpha value is -5.10. The van der Waals surface area contributed by atoms with Gasteiger partial charge >= 0.3 is 0 Å². The van der Waals surface area contributed by atoms with E-state index in [-0.39, 0.29) is 35.9 Å². The number of primary amides is 1. The maximum Gasteiger partial charge on any atom is 0.253 e. The lowest BCUT2D eigenvalue weighted by atomic mass is 9.96. The molecule has 1 aliphatic rings. The Balaban J connectivity index is 1.43. The van der Waals surface area contributed by atoms with Gasteiger partial charge in [-0.05, 0) is 110 Å². The zero-order valence-electron chi connectivity index (χ0n) is 26.1. The third-order valence-electron chi connectivity index (χ3n) is 8.64. The van der Waals surface area contributed by atoms with Crippen molar-refractivity contribution >= 4 is 33.0 Å². The van der Waals surface area contributed by atoms with Gasteiger partial charge in [0, 0.05) is 17.7 Å². The van der Waals surface area contributed by atoms with Crippen molar-refractivity contribution in [1.29, 1.82) is 0 Å². The van der Waals surface area contributed by atoms with Crippen LogP contribution >= 0.6 is 0 Å². The van der Waals surface area contributed by atoms with Gasteiger partial charge in [-0.3, -0.25) is 13.9 Å². The fraction of sp³-hybridized carbons (Fsp3) is 0.229. The van der Waals surface area contributed by atoms with Gasteiger partial charge in [0.05, 0.1) is 34.8 Å². The summed E-state index contributed by atoms with van der Waals surface area (Å²) in [7, 11) is -3.73. The molecule has 0 spiro atoms. The molecule has 1 saturated carbocycles. The number of nitrogens with one attached hydrogen (secondary N) is 1. The van der Waals surface area contributed by atoms with Crippen LogP contribution in [0.4, 0.5) is 14.5 Å². The maximum absolute atomic E-state index is 13.7. The number of hydrogen-bond donors (Lipinski definition) is 2. The van der Waals surface area contributed by atoms with Gasteiger partial charge in [-0.25, -0.2) is 21.7 Å². The number of aryl methyl sites for hydroxylation is 1. The van der Waals surface area contributed by atoms with Crippen LogP contribution in [0.15, 0.2) is 79.0 Å². The largest absolute Gasteiger partial charge is 0.365 e. The number of anilines is 1. The van der Waals surface area contributed by atoms with E-state index in [9.17, 15) is 26.8 Å². The van der Waals surface area contributed by atoms with Crippen LogP contribution < -0.4 is 15.4 Å². The second kappa shape index (κ2) is 11.9. The standard InChI is InChI=1S/C35H33F2N5O4S/c1-4-42(47(3,45)46)30-20-41-29(31(33(38)43)32(40-41)22-7-11-27(36)12-8-22)19-25(30)18-24-17-23(6-5-21(24)2)34(44)39-35(15-16-35)26-9-13-28(37)14-10-26/h5-14,17,19-20H,4,15-16,18H2,1-3H3,(H2,38,43)(H,39,44). The number of nitrogens with zero attached hydrogens (tertiary/aromatic N) is 3. The van der Waals surface area contributed by atoms with E-state index in [1.54, 1.807) is 43.5 Å². The molecular weight excluding hydrogens is 624 g/mol. The summed E-state index contributed by atoms with van der Waals surface area (Å²) in [6.45, 7) is 3.73. The fourth-order valence-electron chi connectivity index (χ4n) is 6.00. The van der Waals surface area contributed by atoms with Gasteiger partial charge in [-0.2, -0.15) is 5.10 Å². The minimum absolute atomic E-state index is 0.104. The number of nitrogens with two attached hydrogens (primary N) is 1. The third kappa shape index (κ3) is 6.20. The normalized spacial score (nSPS) is 13.8. The van der Waals surface area contributed by atoms with Gasteiger partial charge in [-0.15, -0.1) is 0 Å². The molecule has 12 heteroatoms. The van der Waals surface area contributed by atoms with E-state index in [2.05, 4.69) is 10.4 Å². The summed E-state index contributed by atoms with van der Waals surface area (Å²) in [5, 5.41) is 7.68. The Bertz CT molecular complexity index is 2140. The molecule has 6 rings (SSSR count). The van der Waals surface area contributed by atoms with Crippen LogP contribution in [-0.4, -0.2) is 42.6 Å². The Kier molecular flexibility index (Phi) is 8.08. The van der Waals surface area contributed by atoms with E-state index in [0.29, 0.717) is 27.9 Å². The van der Waals surface area contributed by atoms with Crippen molar-refractivity contribution in [2.45, 2.75) is 38.6 Å². The molecule has 47 heavy (non-hydrogen) atoms. The molecule has 0 unspecified atom stereocenters. The molecule has 5 aromatic rings. The second-order valence-electron chi connectivity index (χ2n) is 11.9. The molecule has 2 heterocycles. The quantitative estimate of drug-likeness (QED) is 0.206. The monoisotopic (exact) mass is 657 g/mol. The van der Waals surface area contributed by atoms with Crippen molar-refractivity contribution in [3.8, 4) is 11.3 Å². The highest BCUT2D eigenvalue weighted by molar-refractivity contribution is 7.92. The summed E-state index contributed by atoms with van der Waals surface area (Å²) >= 11 is 0. The van der Waals surface area contributed by atoms with E-state index in [4.69, 9.17) is 5.73 Å². The topological polar surface area (TPSA) is 127 Å². The first-order chi connectivity index (χ1) is 22.3. The average molecular weight is 658 g/mol. The van der Waals surface area contributed by atoms with E-state index < -0.39 is 27.3 Å². The minimum Gasteiger partial charge on any atom is -0.365 e. The molecular formula is C35H33F2N5O4S. The highest BCUT2D eigenvalue weighted by Gasteiger charge is 2.45. The molecule has 0 saturated heterocycles. The molecule has 1 aliphatic carbocycles. The highest BCUT2D eigenvalue weighted by Crippen LogP contribution is 2.45. The first-order valence-electron chi connectivity index (χ1n) is 15.1. The molecule has 9 nitrogen and oxygen atoms in total. The Morgan fingerprint density at radius 1 is 0.979 bits per heavy atom. The summed E-state index contributed by atoms with van der Waals surface area (Å²) < 4.78 is 55.7. The zero-order valence-corrected chi connectivity index (χ0v) is 26.9. The molecule has 2 amide bonds. The van der Waals surface area contributed by atoms with Crippen molar-refractivity contribution in [3.63, 3.8) is 0 Å². The van der Waals surface area contributed by atoms with Gasteiger partial charge in [0.1, 0.15) is 17.3 Å².